The maximum absolute atomic E-state index is 13.8. The Morgan fingerprint density at radius 3 is 2.34 bits per heavy atom. The lowest BCUT2D eigenvalue weighted by molar-refractivity contribution is 0.0664. The molecule has 176 valence electrons. The van der Waals surface area contributed by atoms with Crippen molar-refractivity contribution < 1.29 is 18.3 Å². The van der Waals surface area contributed by atoms with Crippen LogP contribution in [0, 0.1) is 11.8 Å². The van der Waals surface area contributed by atoms with Gasteiger partial charge >= 0.3 is 0 Å². The van der Waals surface area contributed by atoms with Gasteiger partial charge in [0, 0.05) is 24.7 Å². The van der Waals surface area contributed by atoms with Crippen LogP contribution < -0.4 is 4.31 Å². The highest BCUT2D eigenvalue weighted by Gasteiger charge is 2.29. The van der Waals surface area contributed by atoms with Crippen LogP contribution in [0.3, 0.4) is 0 Å². The van der Waals surface area contributed by atoms with Crippen LogP contribution in [0.2, 0.25) is 0 Å². The Hall–Kier alpha value is -1.54. The third kappa shape index (κ3) is 5.68. The number of rotatable bonds is 9. The van der Waals surface area contributed by atoms with E-state index in [4.69, 9.17) is 4.74 Å². The summed E-state index contributed by atoms with van der Waals surface area (Å²) in [5.41, 5.74) is 3.36. The summed E-state index contributed by atoms with van der Waals surface area (Å²) in [6.45, 7) is 7.69. The minimum atomic E-state index is -3.86. The van der Waals surface area contributed by atoms with Gasteiger partial charge in [-0.2, -0.15) is 0 Å². The Morgan fingerprint density at radius 2 is 1.78 bits per heavy atom. The molecule has 1 aliphatic rings. The zero-order valence-electron chi connectivity index (χ0n) is 19.3. The quantitative estimate of drug-likeness (QED) is 0.507. The number of aliphatic hydroxyl groups is 1. The number of ether oxygens (including phenoxy) is 1. The molecule has 0 saturated carbocycles. The number of hydrogen-bond donors (Lipinski definition) is 2. The monoisotopic (exact) mass is 477 g/mol. The van der Waals surface area contributed by atoms with Gasteiger partial charge in [-0.15, -0.1) is 12.6 Å². The van der Waals surface area contributed by atoms with Crippen LogP contribution in [0.5, 0.6) is 0 Å². The first-order valence-electron chi connectivity index (χ1n) is 11.4. The second-order valence-electron chi connectivity index (χ2n) is 8.92. The van der Waals surface area contributed by atoms with Gasteiger partial charge in [-0.25, -0.2) is 8.42 Å². The first kappa shape index (κ1) is 25.1. The van der Waals surface area contributed by atoms with E-state index in [1.54, 1.807) is 6.07 Å². The number of hydrogen-bond acceptors (Lipinski definition) is 5. The molecule has 0 bridgehead atoms. The standard InChI is InChI=1S/C25H35NO4S2/c1-4-19-5-8-22(9-6-19)26(16-18(2)3)32(28,29)24-10-7-21(23(17-27)25(24)31)15-20-11-13-30-14-12-20/h5-10,18,20,27,31H,4,11-17H2,1-3H3. The smallest absolute Gasteiger partial charge is 0.265 e. The van der Waals surface area contributed by atoms with Crippen molar-refractivity contribution in [2.45, 2.75) is 62.9 Å². The lowest BCUT2D eigenvalue weighted by Crippen LogP contribution is -2.34. The number of benzene rings is 2. The minimum absolute atomic E-state index is 0.140. The molecule has 1 fully saturated rings. The van der Waals surface area contributed by atoms with Gasteiger partial charge in [-0.1, -0.05) is 39.0 Å². The molecule has 1 heterocycles. The molecule has 1 saturated heterocycles. The average molecular weight is 478 g/mol. The summed E-state index contributed by atoms with van der Waals surface area (Å²) in [6, 6.07) is 11.2. The van der Waals surface area contributed by atoms with Gasteiger partial charge in [0.1, 0.15) is 4.90 Å². The lowest BCUT2D eigenvalue weighted by atomic mass is 9.90. The highest BCUT2D eigenvalue weighted by molar-refractivity contribution is 7.93. The van der Waals surface area contributed by atoms with Crippen molar-refractivity contribution >= 4 is 28.3 Å². The van der Waals surface area contributed by atoms with E-state index in [-0.39, 0.29) is 17.4 Å². The van der Waals surface area contributed by atoms with Crippen molar-refractivity contribution in [2.75, 3.05) is 24.1 Å². The van der Waals surface area contributed by atoms with Crippen LogP contribution in [0.15, 0.2) is 46.2 Å². The van der Waals surface area contributed by atoms with Crippen LogP contribution >= 0.6 is 12.6 Å². The Kier molecular flexibility index (Phi) is 8.67. The summed E-state index contributed by atoms with van der Waals surface area (Å²) in [4.78, 5) is 0.483. The molecule has 3 rings (SSSR count). The summed E-state index contributed by atoms with van der Waals surface area (Å²) in [7, 11) is -3.86. The molecule has 2 aromatic carbocycles. The van der Waals surface area contributed by atoms with Crippen LogP contribution in [-0.4, -0.2) is 33.3 Å². The number of aryl methyl sites for hydroxylation is 1. The number of aliphatic hydroxyl groups excluding tert-OH is 1. The van der Waals surface area contributed by atoms with Gasteiger partial charge in [-0.3, -0.25) is 4.31 Å². The van der Waals surface area contributed by atoms with E-state index in [2.05, 4.69) is 19.6 Å². The Bertz CT molecular complexity index is 997. The normalized spacial score (nSPS) is 15.3. The zero-order valence-corrected chi connectivity index (χ0v) is 21.0. The van der Waals surface area contributed by atoms with E-state index in [1.807, 2.05) is 44.2 Å². The molecule has 0 aromatic heterocycles. The third-order valence-corrected chi connectivity index (χ3v) is 8.58. The molecule has 7 heteroatoms. The number of sulfonamides is 1. The molecule has 0 unspecified atom stereocenters. The zero-order chi connectivity index (χ0) is 23.3. The topological polar surface area (TPSA) is 66.8 Å². The molecular weight excluding hydrogens is 442 g/mol. The highest BCUT2D eigenvalue weighted by Crippen LogP contribution is 2.34. The average Bonchev–Trinajstić information content (AvgIpc) is 2.78. The molecule has 0 spiro atoms. The van der Waals surface area contributed by atoms with Crippen LogP contribution in [0.25, 0.3) is 0 Å². The van der Waals surface area contributed by atoms with Crippen LogP contribution in [0.4, 0.5) is 5.69 Å². The van der Waals surface area contributed by atoms with Gasteiger partial charge in [0.25, 0.3) is 10.0 Å². The van der Waals surface area contributed by atoms with Crippen molar-refractivity contribution in [2.24, 2.45) is 11.8 Å². The van der Waals surface area contributed by atoms with Crippen molar-refractivity contribution in [1.82, 2.24) is 0 Å². The molecule has 0 aliphatic carbocycles. The van der Waals surface area contributed by atoms with Crippen molar-refractivity contribution in [3.8, 4) is 0 Å². The Morgan fingerprint density at radius 1 is 1.12 bits per heavy atom. The van der Waals surface area contributed by atoms with Gasteiger partial charge in [-0.05, 0) is 72.4 Å². The summed E-state index contributed by atoms with van der Waals surface area (Å²) in [5.74, 6) is 0.614. The van der Waals surface area contributed by atoms with E-state index < -0.39 is 10.0 Å². The fraction of sp³-hybridized carbons (Fsp3) is 0.520. The maximum Gasteiger partial charge on any atom is 0.265 e. The van der Waals surface area contributed by atoms with E-state index in [0.717, 1.165) is 50.0 Å². The van der Waals surface area contributed by atoms with Crippen molar-refractivity contribution in [3.63, 3.8) is 0 Å². The molecule has 0 amide bonds. The SMILES string of the molecule is CCc1ccc(N(CC(C)C)S(=O)(=O)c2ccc(CC3CCOCC3)c(CO)c2S)cc1. The van der Waals surface area contributed by atoms with Crippen LogP contribution in [-0.2, 0) is 34.2 Å². The van der Waals surface area contributed by atoms with Crippen molar-refractivity contribution in [3.05, 3.63) is 53.1 Å². The van der Waals surface area contributed by atoms with Crippen molar-refractivity contribution in [1.29, 1.82) is 0 Å². The van der Waals surface area contributed by atoms with Gasteiger partial charge < -0.3 is 9.84 Å². The molecule has 5 nitrogen and oxygen atoms in total. The molecular formula is C25H35NO4S2. The summed E-state index contributed by atoms with van der Waals surface area (Å²) in [6.07, 6.45) is 3.64. The van der Waals surface area contributed by atoms with Gasteiger partial charge in [0.15, 0.2) is 0 Å². The third-order valence-electron chi connectivity index (χ3n) is 6.08. The first-order valence-corrected chi connectivity index (χ1v) is 13.3. The molecule has 0 atom stereocenters. The second-order valence-corrected chi connectivity index (χ2v) is 11.2. The molecule has 2 aromatic rings. The fourth-order valence-electron chi connectivity index (χ4n) is 4.18. The minimum Gasteiger partial charge on any atom is -0.392 e. The summed E-state index contributed by atoms with van der Waals surface area (Å²) < 4.78 is 34.5. The van der Waals surface area contributed by atoms with E-state index >= 15 is 0 Å². The Balaban J connectivity index is 1.99. The predicted molar refractivity (Wildman–Crippen MR) is 132 cm³/mol. The summed E-state index contributed by atoms with van der Waals surface area (Å²) >= 11 is 4.61. The number of nitrogens with zero attached hydrogens (tertiary/aromatic N) is 1. The van der Waals surface area contributed by atoms with Gasteiger partial charge in [0.05, 0.1) is 12.3 Å². The van der Waals surface area contributed by atoms with Crippen LogP contribution in [0.1, 0.15) is 50.3 Å². The Labute approximate surface area is 198 Å². The second kappa shape index (κ2) is 11.1. The molecule has 32 heavy (non-hydrogen) atoms. The number of anilines is 1. The maximum atomic E-state index is 13.8. The lowest BCUT2D eigenvalue weighted by Gasteiger charge is -2.28. The van der Waals surface area contributed by atoms with E-state index in [0.29, 0.717) is 28.6 Å². The van der Waals surface area contributed by atoms with E-state index in [9.17, 15) is 13.5 Å². The molecule has 1 N–H and O–H groups in total. The summed E-state index contributed by atoms with van der Waals surface area (Å²) in [5, 5.41) is 10.1. The fourth-order valence-corrected chi connectivity index (χ4v) is 6.56. The highest BCUT2D eigenvalue weighted by atomic mass is 32.2. The first-order chi connectivity index (χ1) is 15.3. The number of thiol groups is 1. The molecule has 1 aliphatic heterocycles. The largest absolute Gasteiger partial charge is 0.392 e. The van der Waals surface area contributed by atoms with Gasteiger partial charge in [0.2, 0.25) is 0 Å². The van der Waals surface area contributed by atoms with E-state index in [1.165, 1.54) is 4.31 Å². The predicted octanol–water partition coefficient (Wildman–Crippen LogP) is 4.85. The molecule has 0 radical (unpaired) electrons.